The van der Waals surface area contributed by atoms with Gasteiger partial charge in [0.15, 0.2) is 0 Å². The van der Waals surface area contributed by atoms with E-state index in [-0.39, 0.29) is 12.2 Å². The van der Waals surface area contributed by atoms with Gasteiger partial charge in [-0.25, -0.2) is 4.79 Å². The van der Waals surface area contributed by atoms with Gasteiger partial charge in [0.25, 0.3) is 0 Å². The lowest BCUT2D eigenvalue weighted by atomic mass is 10.1. The fraction of sp³-hybridized carbons (Fsp3) is 0.294. The quantitative estimate of drug-likeness (QED) is 0.361. The zero-order valence-corrected chi connectivity index (χ0v) is 12.3. The van der Waals surface area contributed by atoms with Crippen molar-refractivity contribution in [1.82, 2.24) is 0 Å². The van der Waals surface area contributed by atoms with Crippen molar-refractivity contribution in [2.75, 3.05) is 37.8 Å². The van der Waals surface area contributed by atoms with E-state index in [1.165, 1.54) is 12.2 Å². The summed E-state index contributed by atoms with van der Waals surface area (Å²) in [6.45, 7) is 6.75. The summed E-state index contributed by atoms with van der Waals surface area (Å²) in [5.41, 5.74) is 1.86. The average molecular weight is 298 g/mol. The van der Waals surface area contributed by atoms with E-state index in [1.54, 1.807) is 0 Å². The SMILES string of the molecule is C=CCOC(=O)C(C#N)=Cc1ccc(N2CCOCC2)cc1. The highest BCUT2D eigenvalue weighted by Crippen LogP contribution is 2.18. The van der Waals surface area contributed by atoms with Gasteiger partial charge in [0.2, 0.25) is 0 Å². The molecule has 0 aliphatic carbocycles. The predicted octanol–water partition coefficient (Wildman–Crippen LogP) is 2.16. The molecule has 0 N–H and O–H groups in total. The molecule has 1 aromatic rings. The van der Waals surface area contributed by atoms with Gasteiger partial charge in [0.05, 0.1) is 13.2 Å². The Kier molecular flexibility index (Phi) is 5.75. The van der Waals surface area contributed by atoms with Gasteiger partial charge >= 0.3 is 5.97 Å². The van der Waals surface area contributed by atoms with Crippen LogP contribution in [0.1, 0.15) is 5.56 Å². The van der Waals surface area contributed by atoms with Crippen molar-refractivity contribution in [2.45, 2.75) is 0 Å². The Balaban J connectivity index is 2.08. The maximum absolute atomic E-state index is 11.7. The first-order valence-electron chi connectivity index (χ1n) is 7.07. The van der Waals surface area contributed by atoms with E-state index >= 15 is 0 Å². The number of carbonyl (C=O) groups is 1. The van der Waals surface area contributed by atoms with Gasteiger partial charge < -0.3 is 14.4 Å². The highest BCUT2D eigenvalue weighted by atomic mass is 16.5. The molecule has 2 rings (SSSR count). The monoisotopic (exact) mass is 298 g/mol. The molecule has 5 nitrogen and oxygen atoms in total. The summed E-state index contributed by atoms with van der Waals surface area (Å²) in [5, 5.41) is 9.05. The van der Waals surface area contributed by atoms with Gasteiger partial charge in [-0.1, -0.05) is 24.8 Å². The normalized spacial score (nSPS) is 15.0. The van der Waals surface area contributed by atoms with Crippen LogP contribution < -0.4 is 4.90 Å². The number of hydrogen-bond donors (Lipinski definition) is 0. The van der Waals surface area contributed by atoms with Crippen LogP contribution in [0.25, 0.3) is 6.08 Å². The van der Waals surface area contributed by atoms with Crippen LogP contribution in [-0.4, -0.2) is 38.9 Å². The minimum absolute atomic E-state index is 0.0269. The minimum atomic E-state index is -0.639. The summed E-state index contributed by atoms with van der Waals surface area (Å²) < 4.78 is 10.2. The van der Waals surface area contributed by atoms with Crippen molar-refractivity contribution in [3.63, 3.8) is 0 Å². The molecule has 0 unspecified atom stereocenters. The van der Waals surface area contributed by atoms with Crippen molar-refractivity contribution in [3.8, 4) is 6.07 Å². The van der Waals surface area contributed by atoms with Crippen LogP contribution in [0.2, 0.25) is 0 Å². The number of benzene rings is 1. The molecule has 0 atom stereocenters. The van der Waals surface area contributed by atoms with Gasteiger partial charge in [0, 0.05) is 18.8 Å². The number of anilines is 1. The van der Waals surface area contributed by atoms with Crippen LogP contribution in [0, 0.1) is 11.3 Å². The van der Waals surface area contributed by atoms with E-state index in [0.717, 1.165) is 37.6 Å². The topological polar surface area (TPSA) is 62.6 Å². The highest BCUT2D eigenvalue weighted by Gasteiger charge is 2.12. The smallest absolute Gasteiger partial charge is 0.349 e. The maximum atomic E-state index is 11.7. The zero-order chi connectivity index (χ0) is 15.8. The Hall–Kier alpha value is -2.58. The van der Waals surface area contributed by atoms with E-state index < -0.39 is 5.97 Å². The molecule has 0 bridgehead atoms. The Morgan fingerprint density at radius 3 is 2.64 bits per heavy atom. The van der Waals surface area contributed by atoms with Crippen molar-refractivity contribution in [2.24, 2.45) is 0 Å². The number of nitriles is 1. The third kappa shape index (κ3) is 4.21. The summed E-state index contributed by atoms with van der Waals surface area (Å²) in [5.74, 6) is -0.639. The summed E-state index contributed by atoms with van der Waals surface area (Å²) in [6.07, 6.45) is 2.98. The van der Waals surface area contributed by atoms with Crippen LogP contribution >= 0.6 is 0 Å². The number of nitrogens with zero attached hydrogens (tertiary/aromatic N) is 2. The fourth-order valence-corrected chi connectivity index (χ4v) is 2.12. The number of ether oxygens (including phenoxy) is 2. The standard InChI is InChI=1S/C17H18N2O3/c1-2-9-22-17(20)15(13-18)12-14-3-5-16(6-4-14)19-7-10-21-11-8-19/h2-6,12H,1,7-11H2. The van der Waals surface area contributed by atoms with E-state index in [1.807, 2.05) is 30.3 Å². The maximum Gasteiger partial charge on any atom is 0.349 e. The molecule has 22 heavy (non-hydrogen) atoms. The predicted molar refractivity (Wildman–Crippen MR) is 84.2 cm³/mol. The van der Waals surface area contributed by atoms with Gasteiger partial charge in [0.1, 0.15) is 18.2 Å². The first-order valence-corrected chi connectivity index (χ1v) is 7.07. The van der Waals surface area contributed by atoms with Gasteiger partial charge in [-0.15, -0.1) is 0 Å². The third-order valence-electron chi connectivity index (χ3n) is 3.25. The molecule has 114 valence electrons. The van der Waals surface area contributed by atoms with Crippen molar-refractivity contribution in [3.05, 3.63) is 48.1 Å². The molecule has 0 amide bonds. The minimum Gasteiger partial charge on any atom is -0.457 e. The molecule has 5 heteroatoms. The van der Waals surface area contributed by atoms with Gasteiger partial charge in [-0.3, -0.25) is 0 Å². The lowest BCUT2D eigenvalue weighted by Crippen LogP contribution is -2.36. The summed E-state index contributed by atoms with van der Waals surface area (Å²) in [4.78, 5) is 13.9. The molecule has 0 spiro atoms. The fourth-order valence-electron chi connectivity index (χ4n) is 2.12. The molecule has 0 radical (unpaired) electrons. The Morgan fingerprint density at radius 2 is 2.05 bits per heavy atom. The number of carbonyl (C=O) groups excluding carboxylic acids is 1. The Bertz CT molecular complexity index is 593. The molecule has 0 aromatic heterocycles. The van der Waals surface area contributed by atoms with E-state index in [9.17, 15) is 4.79 Å². The van der Waals surface area contributed by atoms with Crippen molar-refractivity contribution in [1.29, 1.82) is 5.26 Å². The van der Waals surface area contributed by atoms with Crippen LogP contribution in [0.5, 0.6) is 0 Å². The Labute approximate surface area is 130 Å². The van der Waals surface area contributed by atoms with Crippen molar-refractivity contribution < 1.29 is 14.3 Å². The molecular formula is C17H18N2O3. The highest BCUT2D eigenvalue weighted by molar-refractivity contribution is 5.97. The third-order valence-corrected chi connectivity index (χ3v) is 3.25. The molecule has 1 aromatic carbocycles. The number of rotatable bonds is 5. The summed E-state index contributed by atoms with van der Waals surface area (Å²) in [6, 6.07) is 9.57. The average Bonchev–Trinajstić information content (AvgIpc) is 2.59. The van der Waals surface area contributed by atoms with E-state index in [2.05, 4.69) is 11.5 Å². The largest absolute Gasteiger partial charge is 0.457 e. The second-order valence-corrected chi connectivity index (χ2v) is 4.75. The molecule has 0 saturated carbocycles. The van der Waals surface area contributed by atoms with Crippen molar-refractivity contribution >= 4 is 17.7 Å². The van der Waals surface area contributed by atoms with E-state index in [4.69, 9.17) is 14.7 Å². The molecule has 1 heterocycles. The van der Waals surface area contributed by atoms with Crippen LogP contribution in [0.3, 0.4) is 0 Å². The molecule has 1 aliphatic rings. The lowest BCUT2D eigenvalue weighted by Gasteiger charge is -2.28. The number of hydrogen-bond acceptors (Lipinski definition) is 5. The van der Waals surface area contributed by atoms with E-state index in [0.29, 0.717) is 0 Å². The number of morpholine rings is 1. The van der Waals surface area contributed by atoms with Crippen LogP contribution in [0.15, 0.2) is 42.5 Å². The zero-order valence-electron chi connectivity index (χ0n) is 12.3. The summed E-state index contributed by atoms with van der Waals surface area (Å²) in [7, 11) is 0. The number of esters is 1. The first kappa shape index (κ1) is 15.8. The molecule has 1 aliphatic heterocycles. The second kappa shape index (κ2) is 8.01. The lowest BCUT2D eigenvalue weighted by molar-refractivity contribution is -0.137. The first-order chi connectivity index (χ1) is 10.7. The molecule has 1 fully saturated rings. The van der Waals surface area contributed by atoms with Crippen LogP contribution in [-0.2, 0) is 14.3 Å². The second-order valence-electron chi connectivity index (χ2n) is 4.75. The molecular weight excluding hydrogens is 280 g/mol. The Morgan fingerprint density at radius 1 is 1.36 bits per heavy atom. The van der Waals surface area contributed by atoms with Gasteiger partial charge in [-0.05, 0) is 23.8 Å². The van der Waals surface area contributed by atoms with Crippen LogP contribution in [0.4, 0.5) is 5.69 Å². The summed E-state index contributed by atoms with van der Waals surface area (Å²) >= 11 is 0. The molecule has 1 saturated heterocycles. The van der Waals surface area contributed by atoms with Gasteiger partial charge in [-0.2, -0.15) is 5.26 Å².